The molecular weight excluding hydrogens is 140 g/mol. The molecule has 2 heteroatoms. The van der Waals surface area contributed by atoms with Crippen LogP contribution in [0.4, 0.5) is 0 Å². The van der Waals surface area contributed by atoms with Gasteiger partial charge in [0.2, 0.25) is 0 Å². The van der Waals surface area contributed by atoms with E-state index in [0.717, 1.165) is 25.5 Å². The summed E-state index contributed by atoms with van der Waals surface area (Å²) in [5.41, 5.74) is 0. The fourth-order valence-corrected chi connectivity index (χ4v) is 0.788. The number of carbonyl (C=O) groups excluding carboxylic acids is 2. The number of hydrogen-bond acceptors (Lipinski definition) is 2. The second kappa shape index (κ2) is 7.19. The largest absolute Gasteiger partial charge is 0.300 e. The summed E-state index contributed by atoms with van der Waals surface area (Å²) in [5, 5.41) is 0. The molecule has 0 spiro atoms. The van der Waals surface area contributed by atoms with Crippen molar-refractivity contribution in [1.82, 2.24) is 0 Å². The minimum Gasteiger partial charge on any atom is -0.300 e. The van der Waals surface area contributed by atoms with E-state index in [1.807, 2.05) is 6.08 Å². The van der Waals surface area contributed by atoms with Crippen molar-refractivity contribution in [2.45, 2.75) is 32.6 Å². The Morgan fingerprint density at radius 1 is 1.36 bits per heavy atom. The molecule has 2 nitrogen and oxygen atoms in total. The van der Waals surface area contributed by atoms with Crippen LogP contribution in [0, 0.1) is 0 Å². The Morgan fingerprint density at radius 3 is 2.64 bits per heavy atom. The van der Waals surface area contributed by atoms with E-state index in [2.05, 4.69) is 0 Å². The van der Waals surface area contributed by atoms with E-state index in [-0.39, 0.29) is 5.78 Å². The minimum absolute atomic E-state index is 0.240. The molecule has 0 N–H and O–H groups in total. The number of Topliss-reactive ketones (excluding diaryl/α,β-unsaturated/α-hetero) is 1. The third-order valence-electron chi connectivity index (χ3n) is 1.36. The fourth-order valence-electron chi connectivity index (χ4n) is 0.788. The van der Waals surface area contributed by atoms with Gasteiger partial charge in [0, 0.05) is 6.42 Å². The van der Waals surface area contributed by atoms with Gasteiger partial charge in [-0.3, -0.25) is 4.79 Å². The van der Waals surface area contributed by atoms with Crippen LogP contribution in [0.2, 0.25) is 0 Å². The first-order valence-electron chi connectivity index (χ1n) is 3.87. The van der Waals surface area contributed by atoms with Crippen LogP contribution in [0.3, 0.4) is 0 Å². The summed E-state index contributed by atoms with van der Waals surface area (Å²) in [4.78, 5) is 20.3. The van der Waals surface area contributed by atoms with Gasteiger partial charge in [0.05, 0.1) is 0 Å². The SMILES string of the molecule is CC(=O)CCCCC=CC=O. The fraction of sp³-hybridized carbons (Fsp3) is 0.556. The quantitative estimate of drug-likeness (QED) is 0.332. The molecule has 0 aliphatic heterocycles. The molecule has 0 unspecified atom stereocenters. The summed E-state index contributed by atoms with van der Waals surface area (Å²) < 4.78 is 0. The highest BCUT2D eigenvalue weighted by molar-refractivity contribution is 5.75. The van der Waals surface area contributed by atoms with E-state index in [0.29, 0.717) is 6.42 Å². The number of rotatable bonds is 6. The third kappa shape index (κ3) is 9.08. The van der Waals surface area contributed by atoms with Crippen molar-refractivity contribution in [2.24, 2.45) is 0 Å². The molecule has 0 aliphatic rings. The number of allylic oxidation sites excluding steroid dienone is 2. The molecule has 0 saturated heterocycles. The van der Waals surface area contributed by atoms with Crippen molar-refractivity contribution in [1.29, 1.82) is 0 Å². The Balaban J connectivity index is 3.08. The van der Waals surface area contributed by atoms with Crippen molar-refractivity contribution in [3.63, 3.8) is 0 Å². The Bertz CT molecular complexity index is 148. The van der Waals surface area contributed by atoms with Crippen LogP contribution in [-0.2, 0) is 9.59 Å². The second-order valence-electron chi connectivity index (χ2n) is 2.51. The Morgan fingerprint density at radius 2 is 2.09 bits per heavy atom. The molecule has 11 heavy (non-hydrogen) atoms. The lowest BCUT2D eigenvalue weighted by molar-refractivity contribution is -0.117. The van der Waals surface area contributed by atoms with Gasteiger partial charge in [-0.05, 0) is 32.3 Å². The number of unbranched alkanes of at least 4 members (excludes halogenated alkanes) is 2. The molecule has 0 aromatic heterocycles. The molecular formula is C9H14O2. The molecule has 0 saturated carbocycles. The summed E-state index contributed by atoms with van der Waals surface area (Å²) in [6.45, 7) is 1.60. The zero-order chi connectivity index (χ0) is 8.53. The summed E-state index contributed by atoms with van der Waals surface area (Å²) >= 11 is 0. The second-order valence-corrected chi connectivity index (χ2v) is 2.51. The molecule has 0 aliphatic carbocycles. The average molecular weight is 154 g/mol. The van der Waals surface area contributed by atoms with Crippen molar-refractivity contribution in [3.05, 3.63) is 12.2 Å². The van der Waals surface area contributed by atoms with Crippen LogP contribution in [0.5, 0.6) is 0 Å². The van der Waals surface area contributed by atoms with E-state index in [9.17, 15) is 9.59 Å². The predicted octanol–water partition coefficient (Wildman–Crippen LogP) is 1.89. The lowest BCUT2D eigenvalue weighted by atomic mass is 10.1. The van der Waals surface area contributed by atoms with E-state index in [1.54, 1.807) is 6.92 Å². The van der Waals surface area contributed by atoms with Crippen LogP contribution in [0.15, 0.2) is 12.2 Å². The maximum absolute atomic E-state index is 10.5. The van der Waals surface area contributed by atoms with Crippen molar-refractivity contribution < 1.29 is 9.59 Å². The highest BCUT2D eigenvalue weighted by Gasteiger charge is 1.90. The maximum atomic E-state index is 10.5. The summed E-state index contributed by atoms with van der Waals surface area (Å²) in [6, 6.07) is 0. The van der Waals surface area contributed by atoms with Gasteiger partial charge in [0.15, 0.2) is 0 Å². The van der Waals surface area contributed by atoms with E-state index >= 15 is 0 Å². The zero-order valence-electron chi connectivity index (χ0n) is 6.88. The van der Waals surface area contributed by atoms with E-state index in [1.165, 1.54) is 6.08 Å². The maximum Gasteiger partial charge on any atom is 0.142 e. The Hall–Kier alpha value is -0.920. The van der Waals surface area contributed by atoms with Crippen LogP contribution in [-0.4, -0.2) is 12.1 Å². The van der Waals surface area contributed by atoms with Gasteiger partial charge in [-0.15, -0.1) is 0 Å². The molecule has 0 heterocycles. The summed E-state index contributed by atoms with van der Waals surface area (Å²) in [7, 11) is 0. The van der Waals surface area contributed by atoms with Crippen LogP contribution in [0.1, 0.15) is 32.6 Å². The van der Waals surface area contributed by atoms with Crippen LogP contribution in [0.25, 0.3) is 0 Å². The average Bonchev–Trinajstić information content (AvgIpc) is 1.96. The molecule has 0 aromatic rings. The molecule has 0 fully saturated rings. The normalized spacial score (nSPS) is 10.3. The van der Waals surface area contributed by atoms with Crippen LogP contribution < -0.4 is 0 Å². The molecule has 0 radical (unpaired) electrons. The molecule has 0 rings (SSSR count). The monoisotopic (exact) mass is 154 g/mol. The first kappa shape index (κ1) is 10.1. The number of aldehydes is 1. The van der Waals surface area contributed by atoms with Gasteiger partial charge in [-0.25, -0.2) is 0 Å². The standard InChI is InChI=1S/C9H14O2/c1-9(11)7-5-3-2-4-6-8-10/h4,6,8H,2-3,5,7H2,1H3. The highest BCUT2D eigenvalue weighted by Crippen LogP contribution is 2.00. The van der Waals surface area contributed by atoms with Gasteiger partial charge < -0.3 is 4.79 Å². The van der Waals surface area contributed by atoms with Crippen molar-refractivity contribution in [2.75, 3.05) is 0 Å². The molecule has 62 valence electrons. The van der Waals surface area contributed by atoms with Crippen LogP contribution >= 0.6 is 0 Å². The van der Waals surface area contributed by atoms with E-state index < -0.39 is 0 Å². The van der Waals surface area contributed by atoms with Gasteiger partial charge in [-0.2, -0.15) is 0 Å². The number of hydrogen-bond donors (Lipinski definition) is 0. The summed E-state index contributed by atoms with van der Waals surface area (Å²) in [6.07, 6.45) is 7.56. The smallest absolute Gasteiger partial charge is 0.142 e. The van der Waals surface area contributed by atoms with Gasteiger partial charge in [-0.1, -0.05) is 6.08 Å². The van der Waals surface area contributed by atoms with Crippen molar-refractivity contribution in [3.8, 4) is 0 Å². The number of carbonyl (C=O) groups is 2. The first-order chi connectivity index (χ1) is 5.27. The van der Waals surface area contributed by atoms with Gasteiger partial charge in [0.1, 0.15) is 12.1 Å². The molecule has 0 bridgehead atoms. The van der Waals surface area contributed by atoms with E-state index in [4.69, 9.17) is 0 Å². The predicted molar refractivity (Wildman–Crippen MR) is 44.4 cm³/mol. The van der Waals surface area contributed by atoms with Gasteiger partial charge in [0.25, 0.3) is 0 Å². The van der Waals surface area contributed by atoms with Crippen molar-refractivity contribution >= 4 is 12.1 Å². The molecule has 0 amide bonds. The third-order valence-corrected chi connectivity index (χ3v) is 1.36. The first-order valence-corrected chi connectivity index (χ1v) is 3.87. The zero-order valence-corrected chi connectivity index (χ0v) is 6.88. The van der Waals surface area contributed by atoms with Gasteiger partial charge >= 0.3 is 0 Å². The molecule has 0 atom stereocenters. The molecule has 0 aromatic carbocycles. The lowest BCUT2D eigenvalue weighted by Gasteiger charge is -1.92. The minimum atomic E-state index is 0.240. The summed E-state index contributed by atoms with van der Waals surface area (Å²) in [5.74, 6) is 0.240. The Labute approximate surface area is 67.3 Å². The topological polar surface area (TPSA) is 34.1 Å². The highest BCUT2D eigenvalue weighted by atomic mass is 16.1. The number of ketones is 1. The Kier molecular flexibility index (Phi) is 6.59. The lowest BCUT2D eigenvalue weighted by Crippen LogP contribution is -1.88.